The molecule has 0 aromatic heterocycles. The van der Waals surface area contributed by atoms with E-state index >= 15 is 0 Å². The van der Waals surface area contributed by atoms with Gasteiger partial charge in [0.2, 0.25) is 5.91 Å². The Morgan fingerprint density at radius 2 is 1.62 bits per heavy atom. The molecular weight excluding hydrogens is 522 g/mol. The van der Waals surface area contributed by atoms with Crippen molar-refractivity contribution in [1.29, 1.82) is 0 Å². The molecule has 218 valence electrons. The molecule has 0 unspecified atom stereocenters. The number of sulfonamides is 1. The second kappa shape index (κ2) is 13.9. The number of fused-ring (bicyclic) bond motifs is 1. The van der Waals surface area contributed by atoms with Crippen LogP contribution in [-0.2, 0) is 27.7 Å². The molecule has 1 heterocycles. The van der Waals surface area contributed by atoms with Crippen molar-refractivity contribution >= 4 is 21.7 Å². The van der Waals surface area contributed by atoms with Crippen LogP contribution in [0.1, 0.15) is 79.4 Å². The van der Waals surface area contributed by atoms with Gasteiger partial charge >= 0.3 is 0 Å². The lowest BCUT2D eigenvalue weighted by Gasteiger charge is -2.31. The Balaban J connectivity index is 1.12. The summed E-state index contributed by atoms with van der Waals surface area (Å²) in [5.41, 5.74) is 4.53. The van der Waals surface area contributed by atoms with Crippen molar-refractivity contribution in [3.05, 3.63) is 64.7 Å². The molecule has 0 bridgehead atoms. The first kappa shape index (κ1) is 30.4. The quantitative estimate of drug-likeness (QED) is 0.383. The van der Waals surface area contributed by atoms with Crippen LogP contribution in [0.4, 0.5) is 0 Å². The topological polar surface area (TPSA) is 95.6 Å². The lowest BCUT2D eigenvalue weighted by Crippen LogP contribution is -2.38. The van der Waals surface area contributed by atoms with Crippen LogP contribution in [0.25, 0.3) is 0 Å². The van der Waals surface area contributed by atoms with E-state index in [1.54, 1.807) is 12.1 Å². The van der Waals surface area contributed by atoms with Crippen molar-refractivity contribution in [2.45, 2.75) is 83.1 Å². The average Bonchev–Trinajstić information content (AvgIpc) is 3.14. The Bertz CT molecular complexity index is 1270. The zero-order valence-corrected chi connectivity index (χ0v) is 25.1. The van der Waals surface area contributed by atoms with Crippen LogP contribution in [0.3, 0.4) is 0 Å². The van der Waals surface area contributed by atoms with Crippen LogP contribution < -0.4 is 10.0 Å². The number of carbonyl (C=O) groups excluding carboxylic acids is 2. The van der Waals surface area contributed by atoms with Crippen molar-refractivity contribution in [2.75, 3.05) is 26.2 Å². The molecule has 8 heteroatoms. The largest absolute Gasteiger partial charge is 0.313 e. The molecular formula is C32H45N3O4S. The van der Waals surface area contributed by atoms with Crippen molar-refractivity contribution in [3.63, 3.8) is 0 Å². The molecule has 7 nitrogen and oxygen atoms in total. The predicted molar refractivity (Wildman–Crippen MR) is 159 cm³/mol. The van der Waals surface area contributed by atoms with Gasteiger partial charge in [0, 0.05) is 43.6 Å². The number of Topliss-reactive ketones (excluding diaryl/α,β-unsaturated/α-hetero) is 1. The summed E-state index contributed by atoms with van der Waals surface area (Å²) < 4.78 is 27.0. The molecule has 4 rings (SSSR count). The Morgan fingerprint density at radius 3 is 2.30 bits per heavy atom. The zero-order valence-electron chi connectivity index (χ0n) is 24.2. The molecule has 0 radical (unpaired) electrons. The average molecular weight is 568 g/mol. The van der Waals surface area contributed by atoms with Crippen molar-refractivity contribution in [2.24, 2.45) is 11.8 Å². The van der Waals surface area contributed by atoms with Gasteiger partial charge in [0.15, 0.2) is 5.78 Å². The van der Waals surface area contributed by atoms with Gasteiger partial charge in [-0.1, -0.05) is 43.7 Å². The minimum Gasteiger partial charge on any atom is -0.313 e. The maximum absolute atomic E-state index is 12.4. The molecule has 1 amide bonds. The molecule has 0 spiro atoms. The number of hydrogen-bond acceptors (Lipinski definition) is 6. The molecule has 0 saturated heterocycles. The maximum Gasteiger partial charge on any atom is 0.264 e. The second-order valence-corrected chi connectivity index (χ2v) is 13.6. The van der Waals surface area contributed by atoms with E-state index in [0.717, 1.165) is 62.4 Å². The molecule has 1 saturated carbocycles. The summed E-state index contributed by atoms with van der Waals surface area (Å²) in [6, 6.07) is 13.1. The minimum atomic E-state index is -3.83. The normalized spacial score (nSPS) is 20.1. The van der Waals surface area contributed by atoms with Crippen LogP contribution >= 0.6 is 0 Å². The molecule has 0 atom stereocenters. The summed E-state index contributed by atoms with van der Waals surface area (Å²) in [6.07, 6.45) is 7.93. The van der Waals surface area contributed by atoms with Gasteiger partial charge in [0.1, 0.15) is 0 Å². The number of benzene rings is 2. The van der Waals surface area contributed by atoms with Crippen LogP contribution in [0, 0.1) is 18.8 Å². The van der Waals surface area contributed by atoms with Gasteiger partial charge < -0.3 is 10.2 Å². The third-order valence-electron chi connectivity index (χ3n) is 8.47. The number of rotatable bonds is 11. The third-order valence-corrected chi connectivity index (χ3v) is 9.86. The Hall–Kier alpha value is -2.55. The summed E-state index contributed by atoms with van der Waals surface area (Å²) >= 11 is 0. The fourth-order valence-electron chi connectivity index (χ4n) is 5.87. The van der Waals surface area contributed by atoms with E-state index < -0.39 is 15.9 Å². The van der Waals surface area contributed by atoms with Gasteiger partial charge in [0.05, 0.1) is 4.90 Å². The number of hydrogen-bond donors (Lipinski definition) is 2. The van der Waals surface area contributed by atoms with E-state index in [1.807, 2.05) is 26.8 Å². The predicted octanol–water partition coefficient (Wildman–Crippen LogP) is 4.67. The standard InChI is InChI=1S/C32H45N3O4S/c1-23(2)32(37)28-9-8-26-16-20-35(21-17-27(26)22-28)19-15-25-6-10-29(11-7-25)33-18-14-31(36)34-40(38,39)30-12-4-24(3)5-13-30/h4-5,8-9,12-13,22-23,25,29,33H,6-7,10-11,14-21H2,1-3H3,(H,34,36). The summed E-state index contributed by atoms with van der Waals surface area (Å²) in [5, 5.41) is 3.46. The highest BCUT2D eigenvalue weighted by Crippen LogP contribution is 2.28. The highest BCUT2D eigenvalue weighted by Gasteiger charge is 2.23. The van der Waals surface area contributed by atoms with E-state index in [4.69, 9.17) is 0 Å². The van der Waals surface area contributed by atoms with Crippen molar-refractivity contribution < 1.29 is 18.0 Å². The molecule has 1 fully saturated rings. The molecule has 1 aliphatic carbocycles. The first-order valence-corrected chi connectivity index (χ1v) is 16.3. The van der Waals surface area contributed by atoms with Crippen LogP contribution in [0.15, 0.2) is 47.4 Å². The molecule has 40 heavy (non-hydrogen) atoms. The van der Waals surface area contributed by atoms with Crippen molar-refractivity contribution in [3.8, 4) is 0 Å². The highest BCUT2D eigenvalue weighted by molar-refractivity contribution is 7.90. The maximum atomic E-state index is 12.4. The SMILES string of the molecule is Cc1ccc(S(=O)(=O)NC(=O)CCNC2CCC(CCN3CCc4ccc(C(=O)C(C)C)cc4CC3)CC2)cc1. The number of nitrogens with zero attached hydrogens (tertiary/aromatic N) is 1. The van der Waals surface area contributed by atoms with E-state index in [-0.39, 0.29) is 23.0 Å². The van der Waals surface area contributed by atoms with Gasteiger partial charge in [-0.05, 0) is 93.7 Å². The summed E-state index contributed by atoms with van der Waals surface area (Å²) in [7, 11) is -3.83. The van der Waals surface area contributed by atoms with Crippen LogP contribution in [0.2, 0.25) is 0 Å². The van der Waals surface area contributed by atoms with Crippen molar-refractivity contribution in [1.82, 2.24) is 14.9 Å². The monoisotopic (exact) mass is 567 g/mol. The summed E-state index contributed by atoms with van der Waals surface area (Å²) in [6.45, 7) is 9.51. The number of aryl methyl sites for hydroxylation is 1. The Morgan fingerprint density at radius 1 is 0.950 bits per heavy atom. The van der Waals surface area contributed by atoms with Crippen LogP contribution in [-0.4, -0.2) is 57.2 Å². The van der Waals surface area contributed by atoms with E-state index in [2.05, 4.69) is 27.1 Å². The van der Waals surface area contributed by atoms with Gasteiger partial charge in [-0.3, -0.25) is 9.59 Å². The van der Waals surface area contributed by atoms with E-state index in [1.165, 1.54) is 42.5 Å². The Labute approximate surface area is 240 Å². The molecule has 2 N–H and O–H groups in total. The van der Waals surface area contributed by atoms with Gasteiger partial charge in [-0.15, -0.1) is 0 Å². The molecule has 1 aliphatic heterocycles. The number of nitrogens with one attached hydrogen (secondary N) is 2. The summed E-state index contributed by atoms with van der Waals surface area (Å²) in [4.78, 5) is 27.4. The van der Waals surface area contributed by atoms with Gasteiger partial charge in [-0.25, -0.2) is 13.1 Å². The summed E-state index contributed by atoms with van der Waals surface area (Å²) in [5.74, 6) is 0.493. The van der Waals surface area contributed by atoms with E-state index in [0.29, 0.717) is 12.6 Å². The first-order valence-electron chi connectivity index (χ1n) is 14.8. The number of ketones is 1. The lowest BCUT2D eigenvalue weighted by molar-refractivity contribution is -0.119. The third kappa shape index (κ3) is 8.48. The van der Waals surface area contributed by atoms with Gasteiger partial charge in [-0.2, -0.15) is 0 Å². The number of carbonyl (C=O) groups is 2. The molecule has 2 aromatic rings. The van der Waals surface area contributed by atoms with Gasteiger partial charge in [0.25, 0.3) is 10.0 Å². The van der Waals surface area contributed by atoms with Crippen LogP contribution in [0.5, 0.6) is 0 Å². The molecule has 2 aromatic carbocycles. The Kier molecular flexibility index (Phi) is 10.6. The molecule has 2 aliphatic rings. The zero-order chi connectivity index (χ0) is 28.7. The van der Waals surface area contributed by atoms with E-state index in [9.17, 15) is 18.0 Å². The minimum absolute atomic E-state index is 0.0262. The first-order chi connectivity index (χ1) is 19.1. The smallest absolute Gasteiger partial charge is 0.264 e. The fourth-order valence-corrected chi connectivity index (χ4v) is 6.88. The fraction of sp³-hybridized carbons (Fsp3) is 0.562. The second-order valence-electron chi connectivity index (χ2n) is 11.9. The highest BCUT2D eigenvalue weighted by atomic mass is 32.2. The number of amides is 1. The lowest BCUT2D eigenvalue weighted by atomic mass is 9.84.